The van der Waals surface area contributed by atoms with E-state index >= 15 is 0 Å². The average Bonchev–Trinajstić information content (AvgIpc) is 2.81. The molecule has 0 saturated carbocycles. The molecule has 0 atom stereocenters. The van der Waals surface area contributed by atoms with Crippen molar-refractivity contribution in [2.45, 2.75) is 20.3 Å². The molecule has 0 spiro atoms. The van der Waals surface area contributed by atoms with Crippen molar-refractivity contribution in [3.8, 4) is 5.75 Å². The summed E-state index contributed by atoms with van der Waals surface area (Å²) in [6.07, 6.45) is 0.243. The second kappa shape index (κ2) is 7.28. The second-order valence-corrected chi connectivity index (χ2v) is 6.36. The van der Waals surface area contributed by atoms with Gasteiger partial charge < -0.3 is 15.4 Å². The maximum absolute atomic E-state index is 12.3. The van der Waals surface area contributed by atoms with E-state index < -0.39 is 0 Å². The van der Waals surface area contributed by atoms with Crippen molar-refractivity contribution in [2.24, 2.45) is 0 Å². The van der Waals surface area contributed by atoms with Gasteiger partial charge in [0.15, 0.2) is 0 Å². The van der Waals surface area contributed by atoms with Gasteiger partial charge in [-0.3, -0.25) is 9.59 Å². The van der Waals surface area contributed by atoms with Crippen LogP contribution in [-0.2, 0) is 11.2 Å². The Balaban J connectivity index is 2.13. The van der Waals surface area contributed by atoms with Crippen LogP contribution in [0.4, 0.5) is 5.00 Å². The van der Waals surface area contributed by atoms with Gasteiger partial charge in [0.25, 0.3) is 5.91 Å². The molecular weight excluding hydrogens is 312 g/mol. The van der Waals surface area contributed by atoms with Crippen molar-refractivity contribution >= 4 is 28.2 Å². The van der Waals surface area contributed by atoms with Crippen molar-refractivity contribution < 1.29 is 14.3 Å². The number of methoxy groups -OCH3 is 1. The van der Waals surface area contributed by atoms with Gasteiger partial charge in [0.05, 0.1) is 19.1 Å². The van der Waals surface area contributed by atoms with E-state index in [1.165, 1.54) is 11.3 Å². The van der Waals surface area contributed by atoms with E-state index in [1.807, 2.05) is 38.1 Å². The van der Waals surface area contributed by atoms with Gasteiger partial charge in [-0.2, -0.15) is 0 Å². The minimum Gasteiger partial charge on any atom is -0.497 e. The van der Waals surface area contributed by atoms with E-state index in [1.54, 1.807) is 14.2 Å². The minimum absolute atomic E-state index is 0.151. The second-order valence-electron chi connectivity index (χ2n) is 5.14. The summed E-state index contributed by atoms with van der Waals surface area (Å²) in [6.45, 7) is 3.82. The van der Waals surface area contributed by atoms with Crippen LogP contribution in [-0.4, -0.2) is 26.0 Å². The standard InChI is InChI=1S/C17H20N2O3S/c1-10-11(2)23-17(15(10)16(21)18-3)19-14(20)9-12-5-7-13(22-4)8-6-12/h5-8H,9H2,1-4H3,(H,18,21)(H,19,20). The topological polar surface area (TPSA) is 67.4 Å². The Morgan fingerprint density at radius 2 is 1.83 bits per heavy atom. The smallest absolute Gasteiger partial charge is 0.254 e. The quantitative estimate of drug-likeness (QED) is 0.885. The Bertz CT molecular complexity index is 720. The molecule has 0 fully saturated rings. The number of hydrogen-bond acceptors (Lipinski definition) is 4. The molecule has 2 N–H and O–H groups in total. The van der Waals surface area contributed by atoms with Gasteiger partial charge in [0.2, 0.25) is 5.91 Å². The van der Waals surface area contributed by atoms with Gasteiger partial charge in [-0.25, -0.2) is 0 Å². The predicted octanol–water partition coefficient (Wildman–Crippen LogP) is 2.91. The first kappa shape index (κ1) is 17.0. The van der Waals surface area contributed by atoms with Crippen LogP contribution in [0, 0.1) is 13.8 Å². The molecule has 2 amide bonds. The van der Waals surface area contributed by atoms with Gasteiger partial charge in [0.1, 0.15) is 10.8 Å². The van der Waals surface area contributed by atoms with Crippen LogP contribution < -0.4 is 15.4 Å². The van der Waals surface area contributed by atoms with Crippen LogP contribution in [0.1, 0.15) is 26.4 Å². The molecule has 5 nitrogen and oxygen atoms in total. The van der Waals surface area contributed by atoms with Gasteiger partial charge >= 0.3 is 0 Å². The molecule has 0 aliphatic carbocycles. The summed E-state index contributed by atoms with van der Waals surface area (Å²) in [5.74, 6) is 0.411. The SMILES string of the molecule is CNC(=O)c1c(NC(=O)Cc2ccc(OC)cc2)sc(C)c1C. The maximum Gasteiger partial charge on any atom is 0.254 e. The Labute approximate surface area is 139 Å². The number of amides is 2. The molecule has 1 heterocycles. The van der Waals surface area contributed by atoms with Gasteiger partial charge in [-0.05, 0) is 37.1 Å². The highest BCUT2D eigenvalue weighted by Gasteiger charge is 2.20. The highest BCUT2D eigenvalue weighted by Crippen LogP contribution is 2.32. The van der Waals surface area contributed by atoms with Crippen molar-refractivity contribution in [3.05, 3.63) is 45.8 Å². The van der Waals surface area contributed by atoms with Crippen molar-refractivity contribution in [1.82, 2.24) is 5.32 Å². The number of hydrogen-bond donors (Lipinski definition) is 2. The lowest BCUT2D eigenvalue weighted by molar-refractivity contribution is -0.115. The van der Waals surface area contributed by atoms with E-state index in [-0.39, 0.29) is 18.2 Å². The van der Waals surface area contributed by atoms with E-state index in [9.17, 15) is 9.59 Å². The highest BCUT2D eigenvalue weighted by atomic mass is 32.1. The summed E-state index contributed by atoms with van der Waals surface area (Å²) in [4.78, 5) is 25.3. The molecule has 0 radical (unpaired) electrons. The molecule has 1 aromatic heterocycles. The summed E-state index contributed by atoms with van der Waals surface area (Å²) in [5.41, 5.74) is 2.32. The fraction of sp³-hybridized carbons (Fsp3) is 0.294. The number of thiophene rings is 1. The number of rotatable bonds is 5. The van der Waals surface area contributed by atoms with Crippen LogP contribution in [0.15, 0.2) is 24.3 Å². The summed E-state index contributed by atoms with van der Waals surface area (Å²) < 4.78 is 5.10. The lowest BCUT2D eigenvalue weighted by Gasteiger charge is -2.07. The lowest BCUT2D eigenvalue weighted by atomic mass is 10.1. The Hall–Kier alpha value is -2.34. The van der Waals surface area contributed by atoms with E-state index in [0.29, 0.717) is 10.6 Å². The Morgan fingerprint density at radius 3 is 2.39 bits per heavy atom. The van der Waals surface area contributed by atoms with Gasteiger partial charge in [-0.1, -0.05) is 12.1 Å². The first-order valence-corrected chi connectivity index (χ1v) is 8.02. The molecule has 6 heteroatoms. The van der Waals surface area contributed by atoms with Crippen LogP contribution in [0.3, 0.4) is 0 Å². The summed E-state index contributed by atoms with van der Waals surface area (Å²) >= 11 is 1.42. The minimum atomic E-state index is -0.188. The molecule has 2 rings (SSSR count). The number of benzene rings is 1. The molecular formula is C17H20N2O3S. The third kappa shape index (κ3) is 3.90. The average molecular weight is 332 g/mol. The van der Waals surface area contributed by atoms with Crippen molar-refractivity contribution in [1.29, 1.82) is 0 Å². The molecule has 0 aliphatic heterocycles. The molecule has 23 heavy (non-hydrogen) atoms. The van der Waals surface area contributed by atoms with Crippen LogP contribution >= 0.6 is 11.3 Å². The maximum atomic E-state index is 12.3. The highest BCUT2D eigenvalue weighted by molar-refractivity contribution is 7.16. The third-order valence-corrected chi connectivity index (χ3v) is 4.74. The van der Waals surface area contributed by atoms with Crippen LogP contribution in [0.2, 0.25) is 0 Å². The van der Waals surface area contributed by atoms with Crippen molar-refractivity contribution in [2.75, 3.05) is 19.5 Å². The van der Waals surface area contributed by atoms with Gasteiger partial charge in [0, 0.05) is 11.9 Å². The zero-order valence-electron chi connectivity index (χ0n) is 13.6. The molecule has 2 aromatic rings. The molecule has 0 saturated heterocycles. The summed E-state index contributed by atoms with van der Waals surface area (Å²) in [5, 5.41) is 6.06. The fourth-order valence-electron chi connectivity index (χ4n) is 2.21. The largest absolute Gasteiger partial charge is 0.497 e. The Kier molecular flexibility index (Phi) is 5.39. The van der Waals surface area contributed by atoms with E-state index in [0.717, 1.165) is 21.8 Å². The van der Waals surface area contributed by atoms with Crippen LogP contribution in [0.5, 0.6) is 5.75 Å². The fourth-order valence-corrected chi connectivity index (χ4v) is 3.29. The molecule has 0 aliphatic rings. The monoisotopic (exact) mass is 332 g/mol. The summed E-state index contributed by atoms with van der Waals surface area (Å²) in [7, 11) is 3.18. The van der Waals surface area contributed by atoms with Crippen LogP contribution in [0.25, 0.3) is 0 Å². The zero-order chi connectivity index (χ0) is 17.0. The Morgan fingerprint density at radius 1 is 1.17 bits per heavy atom. The lowest BCUT2D eigenvalue weighted by Crippen LogP contribution is -2.21. The number of nitrogens with one attached hydrogen (secondary N) is 2. The van der Waals surface area contributed by atoms with Crippen molar-refractivity contribution in [3.63, 3.8) is 0 Å². The first-order chi connectivity index (χ1) is 11.0. The zero-order valence-corrected chi connectivity index (χ0v) is 14.5. The third-order valence-electron chi connectivity index (χ3n) is 3.62. The van der Waals surface area contributed by atoms with Gasteiger partial charge in [-0.15, -0.1) is 11.3 Å². The molecule has 122 valence electrons. The normalized spacial score (nSPS) is 10.3. The number of carbonyl (C=O) groups is 2. The molecule has 0 unspecified atom stereocenters. The number of carbonyl (C=O) groups excluding carboxylic acids is 2. The number of ether oxygens (including phenoxy) is 1. The summed E-state index contributed by atoms with van der Waals surface area (Å²) in [6, 6.07) is 7.34. The first-order valence-electron chi connectivity index (χ1n) is 7.21. The van der Waals surface area contributed by atoms with E-state index in [4.69, 9.17) is 4.74 Å². The number of anilines is 1. The predicted molar refractivity (Wildman–Crippen MR) is 92.5 cm³/mol. The number of aryl methyl sites for hydroxylation is 1. The molecule has 1 aromatic carbocycles. The van der Waals surface area contributed by atoms with E-state index in [2.05, 4.69) is 10.6 Å². The molecule has 0 bridgehead atoms.